The van der Waals surface area contributed by atoms with Gasteiger partial charge in [0.25, 0.3) is 5.91 Å². The smallest absolute Gasteiger partial charge is 0.305 e. The Labute approximate surface area is 126 Å². The molecule has 20 heavy (non-hydrogen) atoms. The van der Waals surface area contributed by atoms with E-state index in [0.717, 1.165) is 10.9 Å². The molecule has 110 valence electrons. The van der Waals surface area contributed by atoms with E-state index in [-0.39, 0.29) is 25.0 Å². The van der Waals surface area contributed by atoms with Crippen molar-refractivity contribution in [1.29, 1.82) is 0 Å². The molecule has 2 N–H and O–H groups in total. The van der Waals surface area contributed by atoms with Gasteiger partial charge in [-0.1, -0.05) is 35.3 Å². The molecule has 0 aliphatic carbocycles. The number of rotatable bonds is 8. The Morgan fingerprint density at radius 2 is 2.20 bits per heavy atom. The van der Waals surface area contributed by atoms with Crippen LogP contribution in [0, 0.1) is 0 Å². The average molecular weight is 344 g/mol. The highest BCUT2D eigenvalue weighted by Crippen LogP contribution is 2.17. The van der Waals surface area contributed by atoms with Gasteiger partial charge in [-0.25, -0.2) is 0 Å². The average Bonchev–Trinajstić information content (AvgIpc) is 2.36. The fraction of sp³-hybridized carbons (Fsp3) is 0.429. The quantitative estimate of drug-likeness (QED) is 0.760. The van der Waals surface area contributed by atoms with Crippen molar-refractivity contribution in [3.8, 4) is 5.75 Å². The summed E-state index contributed by atoms with van der Waals surface area (Å²) < 4.78 is 6.21. The van der Waals surface area contributed by atoms with Crippen LogP contribution in [0.3, 0.4) is 0 Å². The standard InChI is InChI=1S/C14H18BrNO4/c1-2-4-11(8-14(18)19)16-13(17)9-20-12-6-3-5-10(15)7-12/h3,5-7,11H,2,4,8-9H2,1H3,(H,16,17)(H,18,19). The highest BCUT2D eigenvalue weighted by atomic mass is 79.9. The van der Waals surface area contributed by atoms with Crippen LogP contribution in [0.25, 0.3) is 0 Å². The number of carboxylic acids is 1. The predicted molar refractivity (Wildman–Crippen MR) is 78.7 cm³/mol. The maximum absolute atomic E-state index is 11.7. The number of carbonyl (C=O) groups excluding carboxylic acids is 1. The molecule has 1 amide bonds. The van der Waals surface area contributed by atoms with Crippen LogP contribution in [0.2, 0.25) is 0 Å². The molecule has 1 unspecified atom stereocenters. The summed E-state index contributed by atoms with van der Waals surface area (Å²) in [5.74, 6) is -0.652. The van der Waals surface area contributed by atoms with E-state index in [1.165, 1.54) is 0 Å². The maximum Gasteiger partial charge on any atom is 0.305 e. The van der Waals surface area contributed by atoms with Crippen LogP contribution in [-0.2, 0) is 9.59 Å². The monoisotopic (exact) mass is 343 g/mol. The summed E-state index contributed by atoms with van der Waals surface area (Å²) >= 11 is 3.31. The van der Waals surface area contributed by atoms with E-state index in [4.69, 9.17) is 9.84 Å². The summed E-state index contributed by atoms with van der Waals surface area (Å²) in [4.78, 5) is 22.4. The molecular formula is C14H18BrNO4. The first-order valence-corrected chi connectivity index (χ1v) is 7.20. The zero-order valence-electron chi connectivity index (χ0n) is 11.3. The molecule has 1 rings (SSSR count). The second-order valence-electron chi connectivity index (χ2n) is 4.40. The van der Waals surface area contributed by atoms with Gasteiger partial charge in [-0.2, -0.15) is 0 Å². The topological polar surface area (TPSA) is 75.6 Å². The third kappa shape index (κ3) is 6.56. The molecule has 0 radical (unpaired) electrons. The van der Waals surface area contributed by atoms with E-state index < -0.39 is 5.97 Å². The number of ether oxygens (including phenoxy) is 1. The van der Waals surface area contributed by atoms with Crippen LogP contribution >= 0.6 is 15.9 Å². The second-order valence-corrected chi connectivity index (χ2v) is 5.31. The fourth-order valence-electron chi connectivity index (χ4n) is 1.76. The molecule has 0 spiro atoms. The molecule has 5 nitrogen and oxygen atoms in total. The first-order chi connectivity index (χ1) is 9.51. The molecule has 1 aromatic rings. The van der Waals surface area contributed by atoms with Crippen molar-refractivity contribution >= 4 is 27.8 Å². The SMILES string of the molecule is CCCC(CC(=O)O)NC(=O)COc1cccc(Br)c1. The summed E-state index contributed by atoms with van der Waals surface area (Å²) in [6.07, 6.45) is 1.37. The molecule has 0 bridgehead atoms. The number of hydrogen-bond donors (Lipinski definition) is 2. The van der Waals surface area contributed by atoms with Gasteiger partial charge < -0.3 is 15.2 Å². The molecule has 0 aliphatic heterocycles. The lowest BCUT2D eigenvalue weighted by Crippen LogP contribution is -2.39. The molecule has 0 saturated carbocycles. The van der Waals surface area contributed by atoms with Crippen molar-refractivity contribution in [2.24, 2.45) is 0 Å². The van der Waals surface area contributed by atoms with E-state index in [2.05, 4.69) is 21.2 Å². The number of carboxylic acid groups (broad SMARTS) is 1. The van der Waals surface area contributed by atoms with Crippen LogP contribution in [0.15, 0.2) is 28.7 Å². The fourth-order valence-corrected chi connectivity index (χ4v) is 2.14. The Kier molecular flexibility index (Phi) is 7.08. The van der Waals surface area contributed by atoms with E-state index in [9.17, 15) is 9.59 Å². The number of benzene rings is 1. The number of hydrogen-bond acceptors (Lipinski definition) is 3. The third-order valence-electron chi connectivity index (χ3n) is 2.59. The van der Waals surface area contributed by atoms with Gasteiger partial charge in [-0.05, 0) is 24.6 Å². The molecule has 1 aromatic carbocycles. The van der Waals surface area contributed by atoms with Crippen LogP contribution in [0.5, 0.6) is 5.75 Å². The molecule has 0 fully saturated rings. The van der Waals surface area contributed by atoms with Gasteiger partial charge in [-0.15, -0.1) is 0 Å². The van der Waals surface area contributed by atoms with E-state index in [1.54, 1.807) is 12.1 Å². The van der Waals surface area contributed by atoms with Crippen molar-refractivity contribution in [3.63, 3.8) is 0 Å². The third-order valence-corrected chi connectivity index (χ3v) is 3.08. The highest BCUT2D eigenvalue weighted by Gasteiger charge is 2.15. The Balaban J connectivity index is 2.43. The van der Waals surface area contributed by atoms with Gasteiger partial charge in [0.05, 0.1) is 6.42 Å². The highest BCUT2D eigenvalue weighted by molar-refractivity contribution is 9.10. The minimum atomic E-state index is -0.920. The minimum absolute atomic E-state index is 0.0730. The first-order valence-electron chi connectivity index (χ1n) is 6.40. The molecule has 1 atom stereocenters. The van der Waals surface area contributed by atoms with Gasteiger partial charge >= 0.3 is 5.97 Å². The van der Waals surface area contributed by atoms with Crippen molar-refractivity contribution < 1.29 is 19.4 Å². The molecule has 0 aliphatic rings. The largest absolute Gasteiger partial charge is 0.484 e. The van der Waals surface area contributed by atoms with Gasteiger partial charge in [0.15, 0.2) is 6.61 Å². The Bertz CT molecular complexity index is 464. The maximum atomic E-state index is 11.7. The van der Waals surface area contributed by atoms with E-state index in [0.29, 0.717) is 12.2 Å². The Morgan fingerprint density at radius 3 is 2.80 bits per heavy atom. The van der Waals surface area contributed by atoms with Crippen LogP contribution in [0.1, 0.15) is 26.2 Å². The summed E-state index contributed by atoms with van der Waals surface area (Å²) in [5, 5.41) is 11.5. The summed E-state index contributed by atoms with van der Waals surface area (Å²) in [6.45, 7) is 1.81. The lowest BCUT2D eigenvalue weighted by Gasteiger charge is -2.16. The van der Waals surface area contributed by atoms with E-state index in [1.807, 2.05) is 19.1 Å². The first kappa shape index (κ1) is 16.5. The lowest BCUT2D eigenvalue weighted by molar-refractivity contribution is -0.137. The van der Waals surface area contributed by atoms with Gasteiger partial charge in [0.2, 0.25) is 0 Å². The predicted octanol–water partition coefficient (Wildman–Crippen LogP) is 2.59. The summed E-state index contributed by atoms with van der Waals surface area (Å²) in [7, 11) is 0. The Morgan fingerprint density at radius 1 is 1.45 bits per heavy atom. The molecule has 6 heteroatoms. The lowest BCUT2D eigenvalue weighted by atomic mass is 10.1. The second kappa shape index (κ2) is 8.58. The molecule has 0 heterocycles. The van der Waals surface area contributed by atoms with Gasteiger partial charge in [0, 0.05) is 10.5 Å². The Hall–Kier alpha value is -1.56. The van der Waals surface area contributed by atoms with Crippen molar-refractivity contribution in [2.45, 2.75) is 32.2 Å². The molecule has 0 saturated heterocycles. The van der Waals surface area contributed by atoms with Crippen molar-refractivity contribution in [3.05, 3.63) is 28.7 Å². The molecule has 0 aromatic heterocycles. The van der Waals surface area contributed by atoms with Crippen LogP contribution < -0.4 is 10.1 Å². The molecular weight excluding hydrogens is 326 g/mol. The number of halogens is 1. The van der Waals surface area contributed by atoms with Gasteiger partial charge in [-0.3, -0.25) is 9.59 Å². The van der Waals surface area contributed by atoms with Crippen LogP contribution in [-0.4, -0.2) is 29.6 Å². The number of aliphatic carboxylic acids is 1. The van der Waals surface area contributed by atoms with Gasteiger partial charge in [0.1, 0.15) is 5.75 Å². The number of nitrogens with one attached hydrogen (secondary N) is 1. The number of carbonyl (C=O) groups is 2. The van der Waals surface area contributed by atoms with Crippen LogP contribution in [0.4, 0.5) is 0 Å². The summed E-state index contributed by atoms with van der Waals surface area (Å²) in [5.41, 5.74) is 0. The number of amides is 1. The minimum Gasteiger partial charge on any atom is -0.484 e. The normalized spacial score (nSPS) is 11.7. The zero-order chi connectivity index (χ0) is 15.0. The van der Waals surface area contributed by atoms with Crippen molar-refractivity contribution in [1.82, 2.24) is 5.32 Å². The zero-order valence-corrected chi connectivity index (χ0v) is 12.9. The van der Waals surface area contributed by atoms with Crippen molar-refractivity contribution in [2.75, 3.05) is 6.61 Å². The van der Waals surface area contributed by atoms with E-state index >= 15 is 0 Å². The summed E-state index contributed by atoms with van der Waals surface area (Å²) in [6, 6.07) is 6.82.